The van der Waals surface area contributed by atoms with Gasteiger partial charge >= 0.3 is 0 Å². The number of hydrogen-bond acceptors (Lipinski definition) is 2. The van der Waals surface area contributed by atoms with Crippen LogP contribution >= 0.6 is 0 Å². The molecule has 4 heteroatoms. The summed E-state index contributed by atoms with van der Waals surface area (Å²) in [4.78, 5) is 23.1. The number of fused-ring (bicyclic) bond motifs is 1. The van der Waals surface area contributed by atoms with E-state index in [2.05, 4.69) is 10.6 Å². The summed E-state index contributed by atoms with van der Waals surface area (Å²) in [5.74, 6) is -0.0479. The minimum Gasteiger partial charge on any atom is -0.356 e. The van der Waals surface area contributed by atoms with Gasteiger partial charge in [-0.05, 0) is 24.5 Å². The van der Waals surface area contributed by atoms with Gasteiger partial charge in [-0.25, -0.2) is 0 Å². The maximum Gasteiger partial charge on any atom is 0.232 e. The summed E-state index contributed by atoms with van der Waals surface area (Å²) >= 11 is 0. The van der Waals surface area contributed by atoms with Crippen molar-refractivity contribution in [3.8, 4) is 0 Å². The molecule has 0 bridgehead atoms. The Labute approximate surface area is 107 Å². The van der Waals surface area contributed by atoms with E-state index in [-0.39, 0.29) is 17.7 Å². The summed E-state index contributed by atoms with van der Waals surface area (Å²) in [7, 11) is 0. The molecule has 1 atom stereocenters. The quantitative estimate of drug-likeness (QED) is 0.835. The van der Waals surface area contributed by atoms with Gasteiger partial charge in [0.15, 0.2) is 0 Å². The number of amides is 2. The van der Waals surface area contributed by atoms with Crippen LogP contribution < -0.4 is 10.6 Å². The van der Waals surface area contributed by atoms with E-state index in [4.69, 9.17) is 0 Å². The monoisotopic (exact) mass is 246 g/mol. The Balaban J connectivity index is 1.90. The Kier molecular flexibility index (Phi) is 3.97. The normalized spacial score (nSPS) is 17.2. The van der Waals surface area contributed by atoms with Crippen LogP contribution in [0.5, 0.6) is 0 Å². The molecule has 0 aliphatic carbocycles. The van der Waals surface area contributed by atoms with Crippen LogP contribution in [-0.4, -0.2) is 18.4 Å². The number of carbonyl (C=O) groups is 2. The maximum absolute atomic E-state index is 11.8. The molecule has 0 spiro atoms. The summed E-state index contributed by atoms with van der Waals surface area (Å²) in [5, 5.41) is 5.70. The fourth-order valence-electron chi connectivity index (χ4n) is 2.23. The van der Waals surface area contributed by atoms with E-state index in [1.54, 1.807) is 0 Å². The molecule has 1 aromatic rings. The highest BCUT2D eigenvalue weighted by Gasteiger charge is 2.29. The molecule has 0 fully saturated rings. The molecule has 0 radical (unpaired) electrons. The average Bonchev–Trinajstić information content (AvgIpc) is 2.66. The smallest absolute Gasteiger partial charge is 0.232 e. The third-order valence-electron chi connectivity index (χ3n) is 3.14. The fraction of sp³-hybridized carbons (Fsp3) is 0.429. The Bertz CT molecular complexity index is 457. The lowest BCUT2D eigenvalue weighted by Crippen LogP contribution is -2.26. The number of hydrogen-bond donors (Lipinski definition) is 2. The number of nitrogens with one attached hydrogen (secondary N) is 2. The van der Waals surface area contributed by atoms with Crippen molar-refractivity contribution in [2.45, 2.75) is 32.1 Å². The highest BCUT2D eigenvalue weighted by molar-refractivity contribution is 6.02. The summed E-state index contributed by atoms with van der Waals surface area (Å²) in [6, 6.07) is 7.71. The van der Waals surface area contributed by atoms with E-state index < -0.39 is 0 Å². The van der Waals surface area contributed by atoms with Gasteiger partial charge in [-0.15, -0.1) is 0 Å². The van der Waals surface area contributed by atoms with Gasteiger partial charge in [0.05, 0.1) is 5.92 Å². The number of rotatable bonds is 5. The minimum absolute atomic E-state index is 0.0286. The van der Waals surface area contributed by atoms with Crippen LogP contribution in [0.1, 0.15) is 37.7 Å². The Morgan fingerprint density at radius 3 is 2.94 bits per heavy atom. The predicted molar refractivity (Wildman–Crippen MR) is 70.3 cm³/mol. The molecule has 1 unspecified atom stereocenters. The molecule has 1 aliphatic rings. The molecule has 1 aromatic carbocycles. The summed E-state index contributed by atoms with van der Waals surface area (Å²) in [6.07, 6.45) is 2.05. The van der Waals surface area contributed by atoms with Gasteiger partial charge in [-0.3, -0.25) is 9.59 Å². The molecular formula is C14H18N2O2. The molecule has 2 amide bonds. The van der Waals surface area contributed by atoms with Crippen LogP contribution in [0, 0.1) is 0 Å². The second-order valence-electron chi connectivity index (χ2n) is 4.52. The van der Waals surface area contributed by atoms with Crippen LogP contribution in [-0.2, 0) is 9.59 Å². The average molecular weight is 246 g/mol. The van der Waals surface area contributed by atoms with Gasteiger partial charge in [0.2, 0.25) is 11.8 Å². The lowest BCUT2D eigenvalue weighted by molar-refractivity contribution is -0.121. The first kappa shape index (κ1) is 12.6. The summed E-state index contributed by atoms with van der Waals surface area (Å²) in [6.45, 7) is 2.52. The van der Waals surface area contributed by atoms with Gasteiger partial charge < -0.3 is 10.6 Å². The van der Waals surface area contributed by atoms with Crippen molar-refractivity contribution >= 4 is 17.5 Å². The van der Waals surface area contributed by atoms with Crippen LogP contribution in [0.2, 0.25) is 0 Å². The number of carbonyl (C=O) groups excluding carboxylic acids is 2. The van der Waals surface area contributed by atoms with Crippen molar-refractivity contribution < 1.29 is 9.59 Å². The molecule has 0 aromatic heterocycles. The summed E-state index contributed by atoms with van der Waals surface area (Å²) < 4.78 is 0. The number of para-hydroxylation sites is 1. The zero-order valence-electron chi connectivity index (χ0n) is 10.5. The van der Waals surface area contributed by atoms with Crippen molar-refractivity contribution in [1.82, 2.24) is 5.32 Å². The molecule has 1 heterocycles. The molecule has 18 heavy (non-hydrogen) atoms. The van der Waals surface area contributed by atoms with E-state index in [9.17, 15) is 9.59 Å². The van der Waals surface area contributed by atoms with E-state index in [0.717, 1.165) is 17.7 Å². The van der Waals surface area contributed by atoms with Gasteiger partial charge in [0.25, 0.3) is 0 Å². The lowest BCUT2D eigenvalue weighted by atomic mass is 9.97. The highest BCUT2D eigenvalue weighted by atomic mass is 16.2. The van der Waals surface area contributed by atoms with Gasteiger partial charge in [0, 0.05) is 18.7 Å². The van der Waals surface area contributed by atoms with Crippen LogP contribution in [0.3, 0.4) is 0 Å². The predicted octanol–water partition coefficient (Wildman–Crippen LogP) is 2.03. The van der Waals surface area contributed by atoms with Gasteiger partial charge in [-0.1, -0.05) is 25.1 Å². The van der Waals surface area contributed by atoms with Crippen LogP contribution in [0.25, 0.3) is 0 Å². The molecule has 2 rings (SSSR count). The molecule has 96 valence electrons. The van der Waals surface area contributed by atoms with Gasteiger partial charge in [0.1, 0.15) is 0 Å². The van der Waals surface area contributed by atoms with E-state index in [1.807, 2.05) is 31.2 Å². The van der Waals surface area contributed by atoms with Crippen molar-refractivity contribution in [3.63, 3.8) is 0 Å². The SMILES string of the molecule is CCCC(=O)NCCC1C(=O)Nc2ccccc21. The van der Waals surface area contributed by atoms with Crippen molar-refractivity contribution in [2.75, 3.05) is 11.9 Å². The molecule has 2 N–H and O–H groups in total. The first-order valence-corrected chi connectivity index (χ1v) is 6.39. The second-order valence-corrected chi connectivity index (χ2v) is 4.52. The third-order valence-corrected chi connectivity index (χ3v) is 3.14. The Hall–Kier alpha value is -1.84. The molecule has 1 aliphatic heterocycles. The lowest BCUT2D eigenvalue weighted by Gasteiger charge is -2.09. The molecule has 0 saturated heterocycles. The second kappa shape index (κ2) is 5.67. The van der Waals surface area contributed by atoms with Crippen molar-refractivity contribution in [1.29, 1.82) is 0 Å². The number of anilines is 1. The molecular weight excluding hydrogens is 228 g/mol. The highest BCUT2D eigenvalue weighted by Crippen LogP contribution is 2.33. The molecule has 4 nitrogen and oxygen atoms in total. The van der Waals surface area contributed by atoms with E-state index in [0.29, 0.717) is 19.4 Å². The minimum atomic E-state index is -0.136. The topological polar surface area (TPSA) is 58.2 Å². The fourth-order valence-corrected chi connectivity index (χ4v) is 2.23. The molecule has 0 saturated carbocycles. The van der Waals surface area contributed by atoms with Gasteiger partial charge in [-0.2, -0.15) is 0 Å². The van der Waals surface area contributed by atoms with E-state index >= 15 is 0 Å². The Morgan fingerprint density at radius 2 is 2.17 bits per heavy atom. The van der Waals surface area contributed by atoms with Crippen molar-refractivity contribution in [3.05, 3.63) is 29.8 Å². The standard InChI is InChI=1S/C14H18N2O2/c1-2-5-13(17)15-9-8-11-10-6-3-4-7-12(10)16-14(11)18/h3-4,6-7,11H,2,5,8-9H2,1H3,(H,15,17)(H,16,18). The maximum atomic E-state index is 11.8. The van der Waals surface area contributed by atoms with Crippen LogP contribution in [0.4, 0.5) is 5.69 Å². The zero-order valence-corrected chi connectivity index (χ0v) is 10.5. The first-order valence-electron chi connectivity index (χ1n) is 6.39. The van der Waals surface area contributed by atoms with Crippen molar-refractivity contribution in [2.24, 2.45) is 0 Å². The van der Waals surface area contributed by atoms with Crippen LogP contribution in [0.15, 0.2) is 24.3 Å². The zero-order chi connectivity index (χ0) is 13.0. The largest absolute Gasteiger partial charge is 0.356 e. The third kappa shape index (κ3) is 2.70. The Morgan fingerprint density at radius 1 is 1.39 bits per heavy atom. The summed E-state index contributed by atoms with van der Waals surface area (Å²) in [5.41, 5.74) is 1.93. The van der Waals surface area contributed by atoms with E-state index in [1.165, 1.54) is 0 Å². The first-order chi connectivity index (χ1) is 8.72. The number of benzene rings is 1.